The first-order chi connectivity index (χ1) is 8.74. The molecule has 1 fully saturated rings. The number of nitrogens with zero attached hydrogens (tertiary/aromatic N) is 4. The molecule has 2 aromatic heterocycles. The zero-order valence-corrected chi connectivity index (χ0v) is 10.2. The molecule has 94 valence electrons. The summed E-state index contributed by atoms with van der Waals surface area (Å²) in [5.74, 6) is 0.410. The van der Waals surface area contributed by atoms with Crippen LogP contribution >= 0.6 is 0 Å². The van der Waals surface area contributed by atoms with E-state index < -0.39 is 0 Å². The molecule has 0 aromatic carbocycles. The van der Waals surface area contributed by atoms with Gasteiger partial charge in [-0.2, -0.15) is 5.10 Å². The van der Waals surface area contributed by atoms with Crippen LogP contribution in [-0.2, 0) is 13.6 Å². The number of aryl methyl sites for hydroxylation is 1. The van der Waals surface area contributed by atoms with E-state index in [4.69, 9.17) is 0 Å². The van der Waals surface area contributed by atoms with Crippen molar-refractivity contribution < 1.29 is 0 Å². The first-order valence-corrected chi connectivity index (χ1v) is 6.02. The summed E-state index contributed by atoms with van der Waals surface area (Å²) in [4.78, 5) is 16.2. The van der Waals surface area contributed by atoms with E-state index in [1.807, 2.05) is 13.2 Å². The van der Waals surface area contributed by atoms with Crippen LogP contribution in [0.2, 0.25) is 0 Å². The normalized spacial score (nSPS) is 14.7. The molecule has 0 unspecified atom stereocenters. The van der Waals surface area contributed by atoms with Gasteiger partial charge in [-0.1, -0.05) is 0 Å². The zero-order valence-electron chi connectivity index (χ0n) is 10.2. The van der Waals surface area contributed by atoms with Gasteiger partial charge in [0, 0.05) is 43.8 Å². The molecule has 6 nitrogen and oxygen atoms in total. The van der Waals surface area contributed by atoms with Crippen molar-refractivity contribution in [3.8, 4) is 0 Å². The Hall–Kier alpha value is -2.11. The summed E-state index contributed by atoms with van der Waals surface area (Å²) in [6, 6.07) is 0.374. The van der Waals surface area contributed by atoms with Gasteiger partial charge in [0.2, 0.25) is 0 Å². The monoisotopic (exact) mass is 245 g/mol. The average molecular weight is 245 g/mol. The minimum absolute atomic E-state index is 0.0381. The molecule has 0 aliphatic heterocycles. The lowest BCUT2D eigenvalue weighted by molar-refractivity contribution is 0.699. The Balaban J connectivity index is 1.76. The molecular weight excluding hydrogens is 230 g/mol. The van der Waals surface area contributed by atoms with Crippen LogP contribution in [0.1, 0.15) is 24.4 Å². The minimum atomic E-state index is -0.0381. The fourth-order valence-corrected chi connectivity index (χ4v) is 1.94. The zero-order chi connectivity index (χ0) is 12.5. The first-order valence-electron chi connectivity index (χ1n) is 6.02. The van der Waals surface area contributed by atoms with Gasteiger partial charge in [-0.25, -0.2) is 4.98 Å². The van der Waals surface area contributed by atoms with Gasteiger partial charge in [0.05, 0.1) is 6.20 Å². The van der Waals surface area contributed by atoms with Gasteiger partial charge in [0.25, 0.3) is 5.56 Å². The Labute approximate surface area is 104 Å². The lowest BCUT2D eigenvalue weighted by Gasteiger charge is -2.06. The van der Waals surface area contributed by atoms with E-state index in [9.17, 15) is 4.79 Å². The largest absolute Gasteiger partial charge is 0.361 e. The van der Waals surface area contributed by atoms with E-state index in [1.54, 1.807) is 27.8 Å². The van der Waals surface area contributed by atoms with Gasteiger partial charge >= 0.3 is 0 Å². The van der Waals surface area contributed by atoms with Crippen LogP contribution < -0.4 is 10.9 Å². The fraction of sp³-hybridized carbons (Fsp3) is 0.417. The Morgan fingerprint density at radius 2 is 2.33 bits per heavy atom. The fourth-order valence-electron chi connectivity index (χ4n) is 1.94. The lowest BCUT2D eigenvalue weighted by atomic mass is 10.3. The molecule has 0 spiro atoms. The number of hydrogen-bond donors (Lipinski definition) is 1. The number of anilines is 1. The van der Waals surface area contributed by atoms with Gasteiger partial charge in [-0.05, 0) is 12.8 Å². The van der Waals surface area contributed by atoms with Gasteiger partial charge in [0.1, 0.15) is 0 Å². The van der Waals surface area contributed by atoms with E-state index in [-0.39, 0.29) is 5.56 Å². The molecule has 1 saturated carbocycles. The summed E-state index contributed by atoms with van der Waals surface area (Å²) in [5.41, 5.74) is 0.990. The topological polar surface area (TPSA) is 64.7 Å². The predicted octanol–water partition coefficient (Wildman–Crippen LogP) is 0.924. The van der Waals surface area contributed by atoms with Crippen LogP contribution in [-0.4, -0.2) is 19.3 Å². The highest BCUT2D eigenvalue weighted by Gasteiger charge is 2.25. The van der Waals surface area contributed by atoms with Crippen LogP contribution in [0.25, 0.3) is 0 Å². The maximum absolute atomic E-state index is 12.1. The Morgan fingerprint density at radius 1 is 1.50 bits per heavy atom. The van der Waals surface area contributed by atoms with E-state index in [0.29, 0.717) is 18.4 Å². The molecule has 0 radical (unpaired) electrons. The smallest absolute Gasteiger partial charge is 0.293 e. The van der Waals surface area contributed by atoms with Crippen molar-refractivity contribution in [2.24, 2.45) is 7.05 Å². The molecule has 2 heterocycles. The second kappa shape index (κ2) is 4.29. The van der Waals surface area contributed by atoms with Crippen LogP contribution in [0, 0.1) is 0 Å². The van der Waals surface area contributed by atoms with Crippen LogP contribution in [0.5, 0.6) is 0 Å². The summed E-state index contributed by atoms with van der Waals surface area (Å²) in [6.07, 6.45) is 9.29. The van der Waals surface area contributed by atoms with Crippen LogP contribution in [0.4, 0.5) is 5.82 Å². The van der Waals surface area contributed by atoms with Gasteiger partial charge in [-0.15, -0.1) is 0 Å². The first kappa shape index (κ1) is 11.0. The summed E-state index contributed by atoms with van der Waals surface area (Å²) in [5, 5.41) is 7.15. The van der Waals surface area contributed by atoms with Crippen molar-refractivity contribution in [1.29, 1.82) is 0 Å². The van der Waals surface area contributed by atoms with Crippen LogP contribution in [0.15, 0.2) is 29.6 Å². The summed E-state index contributed by atoms with van der Waals surface area (Å²) in [7, 11) is 1.87. The third kappa shape index (κ3) is 2.13. The maximum atomic E-state index is 12.1. The molecular formula is C12H15N5O. The molecule has 6 heteroatoms. The highest BCUT2D eigenvalue weighted by atomic mass is 16.1. The predicted molar refractivity (Wildman–Crippen MR) is 67.3 cm³/mol. The lowest BCUT2D eigenvalue weighted by Crippen LogP contribution is -2.23. The number of rotatable bonds is 4. The van der Waals surface area contributed by atoms with Crippen molar-refractivity contribution in [1.82, 2.24) is 19.3 Å². The van der Waals surface area contributed by atoms with Crippen LogP contribution in [0.3, 0.4) is 0 Å². The Bertz CT molecular complexity index is 611. The van der Waals surface area contributed by atoms with E-state index >= 15 is 0 Å². The standard InChI is InChI=1S/C12H15N5O/c1-16-8-9(7-15-16)6-14-11-12(18)17(5-4-13-11)10-2-3-10/h4-5,7-8,10H,2-3,6H2,1H3,(H,13,14). The van der Waals surface area contributed by atoms with Gasteiger partial charge in [-0.3, -0.25) is 9.48 Å². The van der Waals surface area contributed by atoms with Gasteiger partial charge < -0.3 is 9.88 Å². The van der Waals surface area contributed by atoms with Gasteiger partial charge in [0.15, 0.2) is 5.82 Å². The quantitative estimate of drug-likeness (QED) is 0.870. The van der Waals surface area contributed by atoms with Crippen molar-refractivity contribution >= 4 is 5.82 Å². The highest BCUT2D eigenvalue weighted by molar-refractivity contribution is 5.32. The molecule has 3 rings (SSSR count). The molecule has 0 bridgehead atoms. The molecule has 0 atom stereocenters. The Morgan fingerprint density at radius 3 is 3.00 bits per heavy atom. The summed E-state index contributed by atoms with van der Waals surface area (Å²) < 4.78 is 3.50. The Kier molecular flexibility index (Phi) is 2.62. The van der Waals surface area contributed by atoms with E-state index in [0.717, 1.165) is 18.4 Å². The minimum Gasteiger partial charge on any atom is -0.361 e. The molecule has 2 aromatic rings. The maximum Gasteiger partial charge on any atom is 0.293 e. The molecule has 1 N–H and O–H groups in total. The summed E-state index contributed by atoms with van der Waals surface area (Å²) >= 11 is 0. The number of hydrogen-bond acceptors (Lipinski definition) is 4. The molecule has 1 aliphatic carbocycles. The molecule has 0 saturated heterocycles. The SMILES string of the molecule is Cn1cc(CNc2nccn(C3CC3)c2=O)cn1. The van der Waals surface area contributed by atoms with Crippen molar-refractivity contribution in [3.63, 3.8) is 0 Å². The van der Waals surface area contributed by atoms with Crippen molar-refractivity contribution in [3.05, 3.63) is 40.7 Å². The number of nitrogens with one attached hydrogen (secondary N) is 1. The molecule has 0 amide bonds. The molecule has 18 heavy (non-hydrogen) atoms. The third-order valence-corrected chi connectivity index (χ3v) is 3.03. The second-order valence-corrected chi connectivity index (χ2v) is 4.60. The van der Waals surface area contributed by atoms with Crippen molar-refractivity contribution in [2.75, 3.05) is 5.32 Å². The highest BCUT2D eigenvalue weighted by Crippen LogP contribution is 2.33. The van der Waals surface area contributed by atoms with Crippen molar-refractivity contribution in [2.45, 2.75) is 25.4 Å². The van der Waals surface area contributed by atoms with E-state index in [1.165, 1.54) is 0 Å². The molecule has 1 aliphatic rings. The van der Waals surface area contributed by atoms with E-state index in [2.05, 4.69) is 15.4 Å². The number of aromatic nitrogens is 4. The second-order valence-electron chi connectivity index (χ2n) is 4.60. The summed E-state index contributed by atoms with van der Waals surface area (Å²) in [6.45, 7) is 0.560. The average Bonchev–Trinajstić information content (AvgIpc) is 3.11. The third-order valence-electron chi connectivity index (χ3n) is 3.03.